The maximum absolute atomic E-state index is 12.5. The summed E-state index contributed by atoms with van der Waals surface area (Å²) in [6.07, 6.45) is 4.84. The molecule has 1 aliphatic rings. The van der Waals surface area contributed by atoms with Gasteiger partial charge in [-0.25, -0.2) is 4.98 Å². The van der Waals surface area contributed by atoms with E-state index in [0.717, 1.165) is 24.9 Å². The molecule has 2 aromatic rings. The number of hydrogen-bond donors (Lipinski definition) is 0. The lowest BCUT2D eigenvalue weighted by molar-refractivity contribution is -0.132. The number of carbonyl (C=O) groups excluding carboxylic acids is 1. The molecule has 0 bridgehead atoms. The van der Waals surface area contributed by atoms with Crippen LogP contribution in [-0.2, 0) is 11.2 Å². The molecule has 1 aromatic carbocycles. The summed E-state index contributed by atoms with van der Waals surface area (Å²) in [5, 5.41) is 0.633. The molecule has 0 radical (unpaired) electrons. The quantitative estimate of drug-likeness (QED) is 0.796. The Morgan fingerprint density at radius 1 is 1.42 bits per heavy atom. The molecule has 1 aromatic heterocycles. The summed E-state index contributed by atoms with van der Waals surface area (Å²) in [4.78, 5) is 18.8. The maximum atomic E-state index is 12.5. The largest absolute Gasteiger partial charge is 0.441 e. The zero-order valence-electron chi connectivity index (χ0n) is 14.2. The maximum Gasteiger partial charge on any atom is 0.223 e. The Kier molecular flexibility index (Phi) is 5.24. The summed E-state index contributed by atoms with van der Waals surface area (Å²) < 4.78 is 5.77. The van der Waals surface area contributed by atoms with Crippen molar-refractivity contribution in [3.05, 3.63) is 41.4 Å². The summed E-state index contributed by atoms with van der Waals surface area (Å²) >= 11 is 6.18. The van der Waals surface area contributed by atoms with Crippen LogP contribution >= 0.6 is 11.6 Å². The van der Waals surface area contributed by atoms with Crippen LogP contribution in [0.3, 0.4) is 0 Å². The predicted molar refractivity (Wildman–Crippen MR) is 94.8 cm³/mol. The number of oxazole rings is 1. The van der Waals surface area contributed by atoms with E-state index in [2.05, 4.69) is 18.8 Å². The van der Waals surface area contributed by atoms with Crippen LogP contribution in [0, 0.1) is 5.92 Å². The Morgan fingerprint density at radius 3 is 2.96 bits per heavy atom. The second kappa shape index (κ2) is 7.39. The Labute approximate surface area is 147 Å². The zero-order valence-corrected chi connectivity index (χ0v) is 14.9. The fraction of sp³-hybridized carbons (Fsp3) is 0.474. The van der Waals surface area contributed by atoms with Crippen LogP contribution in [0.4, 0.5) is 0 Å². The number of hydrogen-bond acceptors (Lipinski definition) is 3. The third kappa shape index (κ3) is 3.64. The lowest BCUT2D eigenvalue weighted by Gasteiger charge is -2.27. The van der Waals surface area contributed by atoms with Crippen molar-refractivity contribution in [3.8, 4) is 11.3 Å². The van der Waals surface area contributed by atoms with Gasteiger partial charge < -0.3 is 9.32 Å². The molecular weight excluding hydrogens is 324 g/mol. The molecule has 1 saturated heterocycles. The average molecular weight is 347 g/mol. The topological polar surface area (TPSA) is 46.3 Å². The highest BCUT2D eigenvalue weighted by molar-refractivity contribution is 6.33. The van der Waals surface area contributed by atoms with Gasteiger partial charge in [0.25, 0.3) is 0 Å². The smallest absolute Gasteiger partial charge is 0.223 e. The van der Waals surface area contributed by atoms with E-state index in [-0.39, 0.29) is 5.91 Å². The van der Waals surface area contributed by atoms with Crippen molar-refractivity contribution >= 4 is 17.5 Å². The molecule has 3 rings (SSSR count). The molecule has 0 aliphatic carbocycles. The van der Waals surface area contributed by atoms with Gasteiger partial charge in [-0.05, 0) is 30.9 Å². The van der Waals surface area contributed by atoms with Crippen LogP contribution in [0.15, 0.2) is 34.9 Å². The van der Waals surface area contributed by atoms with Crippen LogP contribution in [0.2, 0.25) is 5.02 Å². The van der Waals surface area contributed by atoms with Gasteiger partial charge in [0, 0.05) is 31.0 Å². The van der Waals surface area contributed by atoms with Gasteiger partial charge in [0.15, 0.2) is 11.7 Å². The number of benzene rings is 1. The van der Waals surface area contributed by atoms with Crippen molar-refractivity contribution in [2.24, 2.45) is 5.92 Å². The SMILES string of the molecule is CC(C)[C@H]1CCCN1C(=O)CCc1ncc(-c2ccccc2Cl)o1. The van der Waals surface area contributed by atoms with Crippen molar-refractivity contribution in [1.29, 1.82) is 0 Å². The monoisotopic (exact) mass is 346 g/mol. The first kappa shape index (κ1) is 17.0. The number of halogens is 1. The molecule has 24 heavy (non-hydrogen) atoms. The van der Waals surface area contributed by atoms with Crippen LogP contribution in [-0.4, -0.2) is 28.4 Å². The number of carbonyl (C=O) groups is 1. The number of amides is 1. The summed E-state index contributed by atoms with van der Waals surface area (Å²) in [7, 11) is 0. The van der Waals surface area contributed by atoms with E-state index in [9.17, 15) is 4.79 Å². The van der Waals surface area contributed by atoms with Crippen molar-refractivity contribution in [2.75, 3.05) is 6.54 Å². The number of nitrogens with zero attached hydrogens (tertiary/aromatic N) is 2. The van der Waals surface area contributed by atoms with Crippen molar-refractivity contribution in [3.63, 3.8) is 0 Å². The van der Waals surface area contributed by atoms with Crippen LogP contribution in [0.5, 0.6) is 0 Å². The summed E-state index contributed by atoms with van der Waals surface area (Å²) in [5.41, 5.74) is 0.823. The van der Waals surface area contributed by atoms with E-state index in [1.807, 2.05) is 29.2 Å². The van der Waals surface area contributed by atoms with Crippen molar-refractivity contribution < 1.29 is 9.21 Å². The minimum atomic E-state index is 0.198. The first-order chi connectivity index (χ1) is 11.6. The minimum Gasteiger partial charge on any atom is -0.441 e. The molecular formula is C19H23ClN2O2. The fourth-order valence-electron chi connectivity index (χ4n) is 3.36. The molecule has 0 spiro atoms. The Balaban J connectivity index is 1.62. The van der Waals surface area contributed by atoms with E-state index >= 15 is 0 Å². The van der Waals surface area contributed by atoms with Gasteiger partial charge in [-0.1, -0.05) is 37.6 Å². The molecule has 5 heteroatoms. The third-order valence-electron chi connectivity index (χ3n) is 4.63. The van der Waals surface area contributed by atoms with E-state index in [0.29, 0.717) is 41.5 Å². The number of aromatic nitrogens is 1. The fourth-order valence-corrected chi connectivity index (χ4v) is 3.59. The third-order valence-corrected chi connectivity index (χ3v) is 4.96. The van der Waals surface area contributed by atoms with Gasteiger partial charge in [-0.3, -0.25) is 4.79 Å². The molecule has 2 heterocycles. The Morgan fingerprint density at radius 2 is 2.21 bits per heavy atom. The molecule has 1 amide bonds. The van der Waals surface area contributed by atoms with Crippen LogP contribution in [0.1, 0.15) is 39.0 Å². The van der Waals surface area contributed by atoms with Crippen LogP contribution in [0.25, 0.3) is 11.3 Å². The van der Waals surface area contributed by atoms with Gasteiger partial charge in [0.1, 0.15) is 0 Å². The van der Waals surface area contributed by atoms with Crippen molar-refractivity contribution in [1.82, 2.24) is 9.88 Å². The Bertz CT molecular complexity index is 711. The van der Waals surface area contributed by atoms with E-state index < -0.39 is 0 Å². The molecule has 1 fully saturated rings. The minimum absolute atomic E-state index is 0.198. The predicted octanol–water partition coefficient (Wildman–Crippen LogP) is 4.57. The van der Waals surface area contributed by atoms with Gasteiger partial charge in [0.05, 0.1) is 11.2 Å². The summed E-state index contributed by atoms with van der Waals surface area (Å²) in [5.74, 6) is 1.93. The first-order valence-electron chi connectivity index (χ1n) is 8.55. The van der Waals surface area contributed by atoms with E-state index in [4.69, 9.17) is 16.0 Å². The summed E-state index contributed by atoms with van der Waals surface area (Å²) in [6.45, 7) is 5.23. The summed E-state index contributed by atoms with van der Waals surface area (Å²) in [6, 6.07) is 7.88. The average Bonchev–Trinajstić information content (AvgIpc) is 3.22. The highest BCUT2D eigenvalue weighted by Gasteiger charge is 2.30. The molecule has 1 aliphatic heterocycles. The number of rotatable bonds is 5. The zero-order chi connectivity index (χ0) is 17.1. The standard InChI is InChI=1S/C19H23ClN2O2/c1-13(2)16-8-5-11-22(16)19(23)10-9-18-21-12-17(24-18)14-6-3-4-7-15(14)20/h3-4,6-7,12-13,16H,5,8-11H2,1-2H3/t16-/m1/s1. The first-order valence-corrected chi connectivity index (χ1v) is 8.93. The molecule has 0 unspecified atom stereocenters. The van der Waals surface area contributed by atoms with E-state index in [1.165, 1.54) is 0 Å². The Hall–Kier alpha value is -1.81. The molecule has 0 saturated carbocycles. The molecule has 1 atom stereocenters. The highest BCUT2D eigenvalue weighted by Crippen LogP contribution is 2.28. The van der Waals surface area contributed by atoms with Gasteiger partial charge in [0.2, 0.25) is 5.91 Å². The van der Waals surface area contributed by atoms with Gasteiger partial charge in [-0.2, -0.15) is 0 Å². The molecule has 0 N–H and O–H groups in total. The van der Waals surface area contributed by atoms with E-state index in [1.54, 1.807) is 6.20 Å². The lowest BCUT2D eigenvalue weighted by Crippen LogP contribution is -2.38. The highest BCUT2D eigenvalue weighted by atomic mass is 35.5. The van der Waals surface area contributed by atoms with Gasteiger partial charge in [-0.15, -0.1) is 0 Å². The number of aryl methyl sites for hydroxylation is 1. The second-order valence-corrected chi connectivity index (χ2v) is 7.05. The second-order valence-electron chi connectivity index (χ2n) is 6.64. The van der Waals surface area contributed by atoms with Gasteiger partial charge >= 0.3 is 0 Å². The number of likely N-dealkylation sites (tertiary alicyclic amines) is 1. The van der Waals surface area contributed by atoms with Crippen molar-refractivity contribution in [2.45, 2.75) is 45.6 Å². The normalized spacial score (nSPS) is 17.7. The van der Waals surface area contributed by atoms with Crippen LogP contribution < -0.4 is 0 Å². The lowest BCUT2D eigenvalue weighted by atomic mass is 10.0. The molecule has 128 valence electrons. The molecule has 4 nitrogen and oxygen atoms in total.